The van der Waals surface area contributed by atoms with Gasteiger partial charge in [0.2, 0.25) is 0 Å². The third kappa shape index (κ3) is 1.80. The average Bonchev–Trinajstić information content (AvgIpc) is 2.87. The van der Waals surface area contributed by atoms with Crippen LogP contribution >= 0.6 is 0 Å². The number of hydrogen-bond donors (Lipinski definition) is 0. The Kier molecular flexibility index (Phi) is 2.37. The Hall–Kier alpha value is -0.0800. The van der Waals surface area contributed by atoms with E-state index in [0.717, 1.165) is 19.1 Å². The molecule has 1 saturated heterocycles. The maximum atomic E-state index is 5.95. The number of rotatable bonds is 2. The molecule has 12 heavy (non-hydrogen) atoms. The second kappa shape index (κ2) is 3.35. The van der Waals surface area contributed by atoms with Crippen LogP contribution in [0.2, 0.25) is 0 Å². The van der Waals surface area contributed by atoms with Crippen LogP contribution in [0.1, 0.15) is 26.7 Å². The molecule has 2 atom stereocenters. The lowest BCUT2D eigenvalue weighted by molar-refractivity contribution is -0.158. The molecule has 0 aromatic rings. The third-order valence-corrected chi connectivity index (χ3v) is 2.81. The second-order valence-corrected chi connectivity index (χ2v) is 4.33. The monoisotopic (exact) mass is 170 g/mol. The van der Waals surface area contributed by atoms with Gasteiger partial charge in [-0.2, -0.15) is 0 Å². The number of ether oxygens (including phenoxy) is 2. The molecule has 2 heteroatoms. The van der Waals surface area contributed by atoms with Gasteiger partial charge in [-0.25, -0.2) is 0 Å². The molecular weight excluding hydrogens is 152 g/mol. The van der Waals surface area contributed by atoms with Crippen LogP contribution in [0.25, 0.3) is 0 Å². The molecule has 0 amide bonds. The molecule has 1 aliphatic heterocycles. The molecule has 2 aliphatic rings. The predicted octanol–water partition coefficient (Wildman–Crippen LogP) is 1.84. The first-order chi connectivity index (χ1) is 5.77. The van der Waals surface area contributed by atoms with Crippen molar-refractivity contribution in [3.8, 4) is 0 Å². The van der Waals surface area contributed by atoms with E-state index in [1.54, 1.807) is 0 Å². The number of hydrogen-bond acceptors (Lipinski definition) is 2. The van der Waals surface area contributed by atoms with Crippen molar-refractivity contribution in [1.29, 1.82) is 0 Å². The quantitative estimate of drug-likeness (QED) is 0.629. The summed E-state index contributed by atoms with van der Waals surface area (Å²) >= 11 is 0. The summed E-state index contributed by atoms with van der Waals surface area (Å²) in [4.78, 5) is 0. The van der Waals surface area contributed by atoms with Crippen LogP contribution in [0.5, 0.6) is 0 Å². The van der Waals surface area contributed by atoms with Gasteiger partial charge in [-0.15, -0.1) is 0 Å². The molecule has 1 saturated carbocycles. The molecule has 2 rings (SSSR count). The van der Waals surface area contributed by atoms with Crippen molar-refractivity contribution in [2.75, 3.05) is 13.2 Å². The topological polar surface area (TPSA) is 18.5 Å². The molecule has 1 heterocycles. The predicted molar refractivity (Wildman–Crippen MR) is 47.0 cm³/mol. The molecule has 0 spiro atoms. The standard InChI is InChI=1S/C10H18O2/c1-7(2)9-5-11-6-10(12-9)8-3-4-8/h7-10H,3-6H2,1-2H3. The first-order valence-corrected chi connectivity index (χ1v) is 5.00. The first kappa shape index (κ1) is 8.52. The van der Waals surface area contributed by atoms with E-state index in [2.05, 4.69) is 13.8 Å². The fourth-order valence-corrected chi connectivity index (χ4v) is 1.67. The molecule has 0 aromatic carbocycles. The summed E-state index contributed by atoms with van der Waals surface area (Å²) in [6.07, 6.45) is 3.44. The van der Waals surface area contributed by atoms with Crippen LogP contribution in [0.3, 0.4) is 0 Å². The second-order valence-electron chi connectivity index (χ2n) is 4.33. The van der Waals surface area contributed by atoms with E-state index in [1.807, 2.05) is 0 Å². The summed E-state index contributed by atoms with van der Waals surface area (Å²) in [7, 11) is 0. The zero-order chi connectivity index (χ0) is 8.55. The molecule has 0 aromatic heterocycles. The summed E-state index contributed by atoms with van der Waals surface area (Å²) in [6.45, 7) is 6.02. The van der Waals surface area contributed by atoms with Gasteiger partial charge < -0.3 is 9.47 Å². The Morgan fingerprint density at radius 1 is 1.17 bits per heavy atom. The van der Waals surface area contributed by atoms with Gasteiger partial charge in [-0.3, -0.25) is 0 Å². The van der Waals surface area contributed by atoms with Crippen LogP contribution in [-0.4, -0.2) is 25.4 Å². The Labute approximate surface area is 74.2 Å². The van der Waals surface area contributed by atoms with E-state index < -0.39 is 0 Å². The van der Waals surface area contributed by atoms with Gasteiger partial charge in [0.25, 0.3) is 0 Å². The molecule has 70 valence electrons. The largest absolute Gasteiger partial charge is 0.376 e. The Balaban J connectivity index is 1.85. The van der Waals surface area contributed by atoms with E-state index in [0.29, 0.717) is 18.1 Å². The zero-order valence-electron chi connectivity index (χ0n) is 7.95. The summed E-state index contributed by atoms with van der Waals surface area (Å²) in [5.41, 5.74) is 0. The normalized spacial score (nSPS) is 37.2. The van der Waals surface area contributed by atoms with Gasteiger partial charge >= 0.3 is 0 Å². The van der Waals surface area contributed by atoms with Crippen LogP contribution in [0.4, 0.5) is 0 Å². The minimum absolute atomic E-state index is 0.337. The Morgan fingerprint density at radius 2 is 1.92 bits per heavy atom. The van der Waals surface area contributed by atoms with E-state index in [9.17, 15) is 0 Å². The van der Waals surface area contributed by atoms with Crippen molar-refractivity contribution in [2.45, 2.75) is 38.9 Å². The summed E-state index contributed by atoms with van der Waals surface area (Å²) < 4.78 is 11.5. The molecule has 0 radical (unpaired) electrons. The van der Waals surface area contributed by atoms with Gasteiger partial charge in [0.05, 0.1) is 25.4 Å². The Bertz CT molecular complexity index is 144. The molecule has 1 aliphatic carbocycles. The van der Waals surface area contributed by atoms with Crippen molar-refractivity contribution in [3.05, 3.63) is 0 Å². The maximum Gasteiger partial charge on any atom is 0.0841 e. The van der Waals surface area contributed by atoms with Crippen molar-refractivity contribution < 1.29 is 9.47 Å². The molecule has 2 unspecified atom stereocenters. The van der Waals surface area contributed by atoms with Crippen molar-refractivity contribution >= 4 is 0 Å². The third-order valence-electron chi connectivity index (χ3n) is 2.81. The van der Waals surface area contributed by atoms with Gasteiger partial charge in [0.15, 0.2) is 0 Å². The minimum Gasteiger partial charge on any atom is -0.376 e. The lowest BCUT2D eigenvalue weighted by Crippen LogP contribution is -2.40. The van der Waals surface area contributed by atoms with Crippen LogP contribution in [0.15, 0.2) is 0 Å². The molecular formula is C10H18O2. The smallest absolute Gasteiger partial charge is 0.0841 e. The van der Waals surface area contributed by atoms with E-state index >= 15 is 0 Å². The molecule has 0 bridgehead atoms. The molecule has 2 fully saturated rings. The van der Waals surface area contributed by atoms with Crippen LogP contribution in [0, 0.1) is 11.8 Å². The van der Waals surface area contributed by atoms with Gasteiger partial charge in [-0.05, 0) is 24.7 Å². The van der Waals surface area contributed by atoms with Crippen LogP contribution in [-0.2, 0) is 9.47 Å². The van der Waals surface area contributed by atoms with E-state index in [4.69, 9.17) is 9.47 Å². The highest BCUT2D eigenvalue weighted by Crippen LogP contribution is 2.36. The minimum atomic E-state index is 0.337. The van der Waals surface area contributed by atoms with Crippen molar-refractivity contribution in [1.82, 2.24) is 0 Å². The Morgan fingerprint density at radius 3 is 2.50 bits per heavy atom. The average molecular weight is 170 g/mol. The summed E-state index contributed by atoms with van der Waals surface area (Å²) in [5.74, 6) is 1.40. The fraction of sp³-hybridized carbons (Fsp3) is 1.00. The van der Waals surface area contributed by atoms with Crippen molar-refractivity contribution in [2.24, 2.45) is 11.8 Å². The highest BCUT2D eigenvalue weighted by molar-refractivity contribution is 4.85. The van der Waals surface area contributed by atoms with E-state index in [1.165, 1.54) is 12.8 Å². The summed E-state index contributed by atoms with van der Waals surface area (Å²) in [6, 6.07) is 0. The van der Waals surface area contributed by atoms with Crippen molar-refractivity contribution in [3.63, 3.8) is 0 Å². The molecule has 0 N–H and O–H groups in total. The van der Waals surface area contributed by atoms with Gasteiger partial charge in [0.1, 0.15) is 0 Å². The highest BCUT2D eigenvalue weighted by atomic mass is 16.6. The van der Waals surface area contributed by atoms with Crippen LogP contribution < -0.4 is 0 Å². The summed E-state index contributed by atoms with van der Waals surface area (Å²) in [5, 5.41) is 0. The SMILES string of the molecule is CC(C)C1COCC(C2CC2)O1. The highest BCUT2D eigenvalue weighted by Gasteiger charge is 2.36. The van der Waals surface area contributed by atoms with Gasteiger partial charge in [-0.1, -0.05) is 13.8 Å². The lowest BCUT2D eigenvalue weighted by Gasteiger charge is -2.32. The van der Waals surface area contributed by atoms with E-state index in [-0.39, 0.29) is 0 Å². The maximum absolute atomic E-state index is 5.95. The fourth-order valence-electron chi connectivity index (χ4n) is 1.67. The van der Waals surface area contributed by atoms with Gasteiger partial charge in [0, 0.05) is 0 Å². The first-order valence-electron chi connectivity index (χ1n) is 5.00. The zero-order valence-corrected chi connectivity index (χ0v) is 7.95. The molecule has 2 nitrogen and oxygen atoms in total. The lowest BCUT2D eigenvalue weighted by atomic mass is 10.1.